The summed E-state index contributed by atoms with van der Waals surface area (Å²) < 4.78 is 0. The first-order valence-corrected chi connectivity index (χ1v) is 7.22. The number of halogens is 1. The van der Waals surface area contributed by atoms with Crippen molar-refractivity contribution in [2.75, 3.05) is 20.7 Å². The van der Waals surface area contributed by atoms with Crippen molar-refractivity contribution in [2.45, 2.75) is 11.8 Å². The maximum atomic E-state index is 12.3. The molecule has 0 radical (unpaired) electrons. The Bertz CT molecular complexity index is 498. The molecular formula is C15H20BrN3O2. The lowest BCUT2D eigenvalue weighted by Gasteiger charge is -2.08. The molecule has 0 saturated carbocycles. The number of ketones is 1. The van der Waals surface area contributed by atoms with Gasteiger partial charge >= 0.3 is 0 Å². The van der Waals surface area contributed by atoms with Crippen molar-refractivity contribution >= 4 is 21.7 Å². The monoisotopic (exact) mass is 353 g/mol. The minimum absolute atomic E-state index is 0.0245. The fourth-order valence-corrected chi connectivity index (χ4v) is 1.38. The van der Waals surface area contributed by atoms with Crippen molar-refractivity contribution in [2.24, 2.45) is 0 Å². The molecular weight excluding hydrogens is 334 g/mol. The molecule has 0 rings (SSSR count). The molecule has 6 heteroatoms. The second-order valence-electron chi connectivity index (χ2n) is 4.32. The third kappa shape index (κ3) is 8.84. The molecule has 2 N–H and O–H groups in total. The zero-order valence-electron chi connectivity index (χ0n) is 12.4. The average Bonchev–Trinajstić information content (AvgIpc) is 2.42. The number of hydrogen-bond acceptors (Lipinski definition) is 5. The van der Waals surface area contributed by atoms with E-state index in [0.717, 1.165) is 0 Å². The van der Waals surface area contributed by atoms with E-state index in [9.17, 15) is 4.79 Å². The molecule has 0 saturated heterocycles. The molecule has 1 atom stereocenters. The standard InChI is InChI=1S/C15H20BrN3O2/c1-12(16)7-8-18-14(6-4-5-9-20)15(21)13(10-17)11-19(2)3/h4-8,11-12,18,20H,9H2,1-3H3/b5-4+,8-7+,13-11+,14-6-. The molecule has 0 aliphatic rings. The van der Waals surface area contributed by atoms with Crippen LogP contribution in [0.5, 0.6) is 0 Å². The van der Waals surface area contributed by atoms with Gasteiger partial charge in [-0.25, -0.2) is 0 Å². The highest BCUT2D eigenvalue weighted by molar-refractivity contribution is 9.09. The van der Waals surface area contributed by atoms with Crippen LogP contribution in [0.1, 0.15) is 6.92 Å². The summed E-state index contributed by atoms with van der Waals surface area (Å²) in [5.41, 5.74) is 0.273. The predicted octanol–water partition coefficient (Wildman–Crippen LogP) is 1.84. The average molecular weight is 354 g/mol. The largest absolute Gasteiger partial charge is 0.392 e. The molecule has 0 aromatic rings. The number of allylic oxidation sites excluding steroid dienone is 4. The van der Waals surface area contributed by atoms with Crippen molar-refractivity contribution in [3.63, 3.8) is 0 Å². The van der Waals surface area contributed by atoms with Crippen molar-refractivity contribution in [1.29, 1.82) is 5.26 Å². The maximum Gasteiger partial charge on any atom is 0.221 e. The van der Waals surface area contributed by atoms with Gasteiger partial charge in [0.05, 0.1) is 12.3 Å². The van der Waals surface area contributed by atoms with E-state index in [1.54, 1.807) is 31.3 Å². The first kappa shape index (κ1) is 19.2. The van der Waals surface area contributed by atoms with Crippen molar-refractivity contribution < 1.29 is 9.90 Å². The van der Waals surface area contributed by atoms with E-state index in [2.05, 4.69) is 21.2 Å². The summed E-state index contributed by atoms with van der Waals surface area (Å²) >= 11 is 3.35. The minimum atomic E-state index is -0.416. The van der Waals surface area contributed by atoms with E-state index >= 15 is 0 Å². The van der Waals surface area contributed by atoms with Crippen LogP contribution in [-0.2, 0) is 4.79 Å². The van der Waals surface area contributed by atoms with Crippen LogP contribution in [0.25, 0.3) is 0 Å². The molecule has 0 heterocycles. The molecule has 0 amide bonds. The Morgan fingerprint density at radius 1 is 1.52 bits per heavy atom. The van der Waals surface area contributed by atoms with Crippen molar-refractivity contribution in [3.8, 4) is 6.07 Å². The number of nitrogens with one attached hydrogen (secondary N) is 1. The number of aliphatic hydroxyl groups is 1. The van der Waals surface area contributed by atoms with Gasteiger partial charge in [0.2, 0.25) is 5.78 Å². The molecule has 0 fully saturated rings. The molecule has 0 aromatic heterocycles. The number of hydrogen-bond donors (Lipinski definition) is 2. The first-order valence-electron chi connectivity index (χ1n) is 6.30. The summed E-state index contributed by atoms with van der Waals surface area (Å²) in [6, 6.07) is 1.89. The molecule has 0 spiro atoms. The van der Waals surface area contributed by atoms with Crippen LogP contribution in [0, 0.1) is 11.3 Å². The van der Waals surface area contributed by atoms with E-state index in [1.807, 2.05) is 19.1 Å². The molecule has 0 aliphatic heterocycles. The number of Topliss-reactive ketones (excluding diaryl/α,β-unsaturated/α-hetero) is 1. The highest BCUT2D eigenvalue weighted by Crippen LogP contribution is 2.06. The highest BCUT2D eigenvalue weighted by atomic mass is 79.9. The van der Waals surface area contributed by atoms with E-state index < -0.39 is 5.78 Å². The second kappa shape index (κ2) is 10.9. The van der Waals surface area contributed by atoms with Gasteiger partial charge < -0.3 is 15.3 Å². The van der Waals surface area contributed by atoms with Gasteiger partial charge in [-0.2, -0.15) is 5.26 Å². The van der Waals surface area contributed by atoms with Gasteiger partial charge in [-0.3, -0.25) is 4.79 Å². The maximum absolute atomic E-state index is 12.3. The molecule has 21 heavy (non-hydrogen) atoms. The number of nitrogens with zero attached hydrogens (tertiary/aromatic N) is 2. The molecule has 114 valence electrons. The lowest BCUT2D eigenvalue weighted by molar-refractivity contribution is -0.112. The third-order valence-corrected chi connectivity index (χ3v) is 2.41. The number of alkyl halides is 1. The summed E-state index contributed by atoms with van der Waals surface area (Å²) in [4.78, 5) is 14.1. The molecule has 1 unspecified atom stereocenters. The lowest BCUT2D eigenvalue weighted by atomic mass is 10.1. The van der Waals surface area contributed by atoms with Crippen molar-refractivity contribution in [1.82, 2.24) is 10.2 Å². The van der Waals surface area contributed by atoms with Crippen LogP contribution in [-0.4, -0.2) is 41.3 Å². The van der Waals surface area contributed by atoms with Crippen LogP contribution in [0.4, 0.5) is 0 Å². The Kier molecular flexibility index (Phi) is 9.94. The van der Waals surface area contributed by atoms with Gasteiger partial charge in [0.25, 0.3) is 0 Å². The van der Waals surface area contributed by atoms with E-state index in [4.69, 9.17) is 10.4 Å². The SMILES string of the molecule is CC(Br)/C=C/N/C(=C\C=C\CO)C(=O)/C(C#N)=C/N(C)C. The molecule has 0 bridgehead atoms. The van der Waals surface area contributed by atoms with Gasteiger partial charge in [0.1, 0.15) is 11.6 Å². The van der Waals surface area contributed by atoms with Gasteiger partial charge in [0, 0.05) is 25.1 Å². The second-order valence-corrected chi connectivity index (χ2v) is 5.76. The van der Waals surface area contributed by atoms with Crippen LogP contribution in [0.15, 0.2) is 48.0 Å². The zero-order valence-corrected chi connectivity index (χ0v) is 14.0. The minimum Gasteiger partial charge on any atom is -0.392 e. The fourth-order valence-electron chi connectivity index (χ4n) is 1.23. The number of aliphatic hydroxyl groups excluding tert-OH is 1. The number of carbonyl (C=O) groups is 1. The van der Waals surface area contributed by atoms with Gasteiger partial charge in [-0.15, -0.1) is 0 Å². The zero-order chi connectivity index (χ0) is 16.3. The Balaban J connectivity index is 5.29. The number of carbonyl (C=O) groups excluding carboxylic acids is 1. The summed E-state index contributed by atoms with van der Waals surface area (Å²) in [7, 11) is 3.47. The Labute approximate surface area is 134 Å². The van der Waals surface area contributed by atoms with E-state index in [1.165, 1.54) is 18.4 Å². The van der Waals surface area contributed by atoms with Gasteiger partial charge in [-0.05, 0) is 19.2 Å². The summed E-state index contributed by atoms with van der Waals surface area (Å²) in [5, 5.41) is 20.7. The van der Waals surface area contributed by atoms with E-state index in [-0.39, 0.29) is 22.7 Å². The van der Waals surface area contributed by atoms with Gasteiger partial charge in [-0.1, -0.05) is 34.2 Å². The van der Waals surface area contributed by atoms with Gasteiger partial charge in [0.15, 0.2) is 0 Å². The summed E-state index contributed by atoms with van der Waals surface area (Å²) in [6.07, 6.45) is 9.47. The lowest BCUT2D eigenvalue weighted by Crippen LogP contribution is -2.18. The van der Waals surface area contributed by atoms with Crippen LogP contribution in [0.2, 0.25) is 0 Å². The third-order valence-electron chi connectivity index (χ3n) is 2.10. The van der Waals surface area contributed by atoms with Crippen LogP contribution < -0.4 is 5.32 Å². The Morgan fingerprint density at radius 3 is 2.67 bits per heavy atom. The summed E-state index contributed by atoms with van der Waals surface area (Å²) in [6.45, 7) is 1.81. The normalized spacial score (nSPS) is 14.3. The molecule has 0 aliphatic carbocycles. The van der Waals surface area contributed by atoms with Crippen molar-refractivity contribution in [3.05, 3.63) is 48.0 Å². The Morgan fingerprint density at radius 2 is 2.19 bits per heavy atom. The van der Waals surface area contributed by atoms with E-state index in [0.29, 0.717) is 0 Å². The number of nitriles is 1. The number of rotatable bonds is 8. The topological polar surface area (TPSA) is 76.4 Å². The van der Waals surface area contributed by atoms with Crippen LogP contribution in [0.3, 0.4) is 0 Å². The molecule has 5 nitrogen and oxygen atoms in total. The Hall–Kier alpha value is -1.84. The predicted molar refractivity (Wildman–Crippen MR) is 87.4 cm³/mol. The smallest absolute Gasteiger partial charge is 0.221 e. The fraction of sp³-hybridized carbons (Fsp3) is 0.333. The first-order chi connectivity index (χ1) is 9.92. The quantitative estimate of drug-likeness (QED) is 0.301. The van der Waals surface area contributed by atoms with Crippen LogP contribution >= 0.6 is 15.9 Å². The highest BCUT2D eigenvalue weighted by Gasteiger charge is 2.14. The summed E-state index contributed by atoms with van der Waals surface area (Å²) in [5.74, 6) is -0.416. The molecule has 0 aromatic carbocycles.